The molecule has 0 saturated heterocycles. The summed E-state index contributed by atoms with van der Waals surface area (Å²) in [5, 5.41) is 9.57. The molecule has 1 unspecified atom stereocenters. The third-order valence-corrected chi connectivity index (χ3v) is 3.38. The van der Waals surface area contributed by atoms with Crippen LogP contribution < -0.4 is 0 Å². The number of hydrogen-bond acceptors (Lipinski definition) is 3. The van der Waals surface area contributed by atoms with Gasteiger partial charge < -0.3 is 14.7 Å². The van der Waals surface area contributed by atoms with E-state index in [9.17, 15) is 5.11 Å². The summed E-state index contributed by atoms with van der Waals surface area (Å²) >= 11 is 0. The number of hydrogen-bond donors (Lipinski definition) is 1. The van der Waals surface area contributed by atoms with Crippen LogP contribution in [-0.2, 0) is 4.74 Å². The van der Waals surface area contributed by atoms with Gasteiger partial charge in [-0.05, 0) is 20.5 Å². The standard InChI is InChI=1S/C16H35NO2/c1-4-5-6-7-8-9-10-11-12-15-19-16(18)13-14-17(2)3/h16,18H,4-15H2,1-3H3. The van der Waals surface area contributed by atoms with Crippen LogP contribution in [-0.4, -0.2) is 43.5 Å². The molecule has 0 saturated carbocycles. The van der Waals surface area contributed by atoms with Crippen LogP contribution in [0.3, 0.4) is 0 Å². The lowest BCUT2D eigenvalue weighted by Gasteiger charge is -2.14. The first kappa shape index (κ1) is 18.9. The summed E-state index contributed by atoms with van der Waals surface area (Å²) in [6.07, 6.45) is 12.0. The fourth-order valence-corrected chi connectivity index (χ4v) is 2.08. The van der Waals surface area contributed by atoms with E-state index in [1.54, 1.807) is 0 Å². The zero-order chi connectivity index (χ0) is 14.3. The molecule has 0 aromatic carbocycles. The Balaban J connectivity index is 3.09. The number of nitrogens with zero attached hydrogens (tertiary/aromatic N) is 1. The zero-order valence-corrected chi connectivity index (χ0v) is 13.4. The normalized spacial score (nSPS) is 13.1. The van der Waals surface area contributed by atoms with Gasteiger partial charge in [-0.15, -0.1) is 0 Å². The van der Waals surface area contributed by atoms with Gasteiger partial charge in [-0.1, -0.05) is 58.3 Å². The van der Waals surface area contributed by atoms with Crippen molar-refractivity contribution in [2.75, 3.05) is 27.2 Å². The van der Waals surface area contributed by atoms with Gasteiger partial charge in [0, 0.05) is 19.6 Å². The lowest BCUT2D eigenvalue weighted by Crippen LogP contribution is -2.21. The van der Waals surface area contributed by atoms with E-state index < -0.39 is 6.29 Å². The highest BCUT2D eigenvalue weighted by molar-refractivity contribution is 4.49. The van der Waals surface area contributed by atoms with Crippen molar-refractivity contribution in [3.05, 3.63) is 0 Å². The van der Waals surface area contributed by atoms with Crippen LogP contribution in [0, 0.1) is 0 Å². The van der Waals surface area contributed by atoms with Gasteiger partial charge >= 0.3 is 0 Å². The van der Waals surface area contributed by atoms with Crippen molar-refractivity contribution in [2.24, 2.45) is 0 Å². The van der Waals surface area contributed by atoms with Crippen LogP contribution in [0.25, 0.3) is 0 Å². The third-order valence-electron chi connectivity index (χ3n) is 3.38. The van der Waals surface area contributed by atoms with E-state index in [0.29, 0.717) is 13.0 Å². The van der Waals surface area contributed by atoms with E-state index in [4.69, 9.17) is 4.74 Å². The largest absolute Gasteiger partial charge is 0.368 e. The van der Waals surface area contributed by atoms with Crippen molar-refractivity contribution in [2.45, 2.75) is 77.4 Å². The van der Waals surface area contributed by atoms with Crippen molar-refractivity contribution in [1.29, 1.82) is 0 Å². The number of aliphatic hydroxyl groups excluding tert-OH is 1. The van der Waals surface area contributed by atoms with Crippen LogP contribution in [0.1, 0.15) is 71.1 Å². The molecule has 3 nitrogen and oxygen atoms in total. The molecule has 0 radical (unpaired) electrons. The van der Waals surface area contributed by atoms with Crippen molar-refractivity contribution in [3.8, 4) is 0 Å². The molecule has 0 fully saturated rings. The minimum atomic E-state index is -0.587. The molecule has 0 heterocycles. The Morgan fingerprint density at radius 3 is 1.95 bits per heavy atom. The second-order valence-corrected chi connectivity index (χ2v) is 5.75. The summed E-state index contributed by atoms with van der Waals surface area (Å²) in [5.41, 5.74) is 0. The van der Waals surface area contributed by atoms with Gasteiger partial charge in [0.25, 0.3) is 0 Å². The second kappa shape index (κ2) is 14.3. The minimum absolute atomic E-state index is 0.587. The lowest BCUT2D eigenvalue weighted by atomic mass is 10.1. The molecule has 0 rings (SSSR count). The average Bonchev–Trinajstić information content (AvgIpc) is 2.38. The smallest absolute Gasteiger partial charge is 0.155 e. The van der Waals surface area contributed by atoms with E-state index in [1.165, 1.54) is 51.4 Å². The summed E-state index contributed by atoms with van der Waals surface area (Å²) in [5.74, 6) is 0. The van der Waals surface area contributed by atoms with Gasteiger partial charge in [0.1, 0.15) is 0 Å². The first-order valence-electron chi connectivity index (χ1n) is 8.11. The molecular formula is C16H35NO2. The molecular weight excluding hydrogens is 238 g/mol. The number of aliphatic hydroxyl groups is 1. The van der Waals surface area contributed by atoms with Crippen molar-refractivity contribution < 1.29 is 9.84 Å². The van der Waals surface area contributed by atoms with Crippen molar-refractivity contribution >= 4 is 0 Å². The Morgan fingerprint density at radius 2 is 1.42 bits per heavy atom. The van der Waals surface area contributed by atoms with E-state index >= 15 is 0 Å². The van der Waals surface area contributed by atoms with Crippen LogP contribution in [0.15, 0.2) is 0 Å². The molecule has 1 N–H and O–H groups in total. The number of rotatable bonds is 14. The molecule has 0 aliphatic carbocycles. The van der Waals surface area contributed by atoms with E-state index in [1.807, 2.05) is 14.1 Å². The van der Waals surface area contributed by atoms with E-state index in [0.717, 1.165) is 13.0 Å². The van der Waals surface area contributed by atoms with E-state index in [2.05, 4.69) is 11.8 Å². The summed E-state index contributed by atoms with van der Waals surface area (Å²) in [6.45, 7) is 3.83. The van der Waals surface area contributed by atoms with Crippen molar-refractivity contribution in [3.63, 3.8) is 0 Å². The van der Waals surface area contributed by atoms with Crippen LogP contribution in [0.4, 0.5) is 0 Å². The third kappa shape index (κ3) is 15.8. The minimum Gasteiger partial charge on any atom is -0.368 e. The molecule has 0 aromatic rings. The van der Waals surface area contributed by atoms with Gasteiger partial charge in [0.05, 0.1) is 0 Å². The first-order chi connectivity index (χ1) is 9.16. The van der Waals surface area contributed by atoms with Gasteiger partial charge in [0.15, 0.2) is 6.29 Å². The van der Waals surface area contributed by atoms with Gasteiger partial charge in [-0.3, -0.25) is 0 Å². The fourth-order valence-electron chi connectivity index (χ4n) is 2.08. The Labute approximate surface area is 120 Å². The summed E-state index contributed by atoms with van der Waals surface area (Å²) in [4.78, 5) is 2.06. The van der Waals surface area contributed by atoms with Gasteiger partial charge in [-0.2, -0.15) is 0 Å². The van der Waals surface area contributed by atoms with Gasteiger partial charge in [0.2, 0.25) is 0 Å². The average molecular weight is 273 g/mol. The van der Waals surface area contributed by atoms with Crippen LogP contribution >= 0.6 is 0 Å². The maximum absolute atomic E-state index is 9.57. The molecule has 3 heteroatoms. The Hall–Kier alpha value is -0.120. The first-order valence-corrected chi connectivity index (χ1v) is 8.11. The van der Waals surface area contributed by atoms with Crippen molar-refractivity contribution in [1.82, 2.24) is 4.90 Å². The van der Waals surface area contributed by atoms with Crippen LogP contribution in [0.5, 0.6) is 0 Å². The maximum atomic E-state index is 9.57. The molecule has 0 spiro atoms. The molecule has 116 valence electrons. The molecule has 0 bridgehead atoms. The summed E-state index contributed by atoms with van der Waals surface area (Å²) < 4.78 is 5.38. The second-order valence-electron chi connectivity index (χ2n) is 5.75. The van der Waals surface area contributed by atoms with E-state index in [-0.39, 0.29) is 0 Å². The van der Waals surface area contributed by atoms with Crippen LogP contribution in [0.2, 0.25) is 0 Å². The SMILES string of the molecule is CCCCCCCCCCCOC(O)CCN(C)C. The quantitative estimate of drug-likeness (QED) is 0.386. The highest BCUT2D eigenvalue weighted by Gasteiger charge is 2.03. The molecule has 0 amide bonds. The number of ether oxygens (including phenoxy) is 1. The van der Waals surface area contributed by atoms with Gasteiger partial charge in [-0.25, -0.2) is 0 Å². The topological polar surface area (TPSA) is 32.7 Å². The predicted molar refractivity (Wildman–Crippen MR) is 82.4 cm³/mol. The molecule has 19 heavy (non-hydrogen) atoms. The Kier molecular flexibility index (Phi) is 14.2. The fraction of sp³-hybridized carbons (Fsp3) is 1.00. The Bertz CT molecular complexity index is 174. The highest BCUT2D eigenvalue weighted by Crippen LogP contribution is 2.09. The molecule has 0 aliphatic heterocycles. The molecule has 0 aliphatic rings. The maximum Gasteiger partial charge on any atom is 0.155 e. The summed E-state index contributed by atoms with van der Waals surface area (Å²) in [7, 11) is 4.01. The number of unbranched alkanes of at least 4 members (excludes halogenated alkanes) is 8. The predicted octanol–water partition coefficient (Wildman–Crippen LogP) is 3.80. The monoisotopic (exact) mass is 273 g/mol. The summed E-state index contributed by atoms with van der Waals surface area (Å²) in [6, 6.07) is 0. The molecule has 1 atom stereocenters. The molecule has 0 aromatic heterocycles. The lowest BCUT2D eigenvalue weighted by molar-refractivity contribution is -0.106. The zero-order valence-electron chi connectivity index (χ0n) is 13.4. The highest BCUT2D eigenvalue weighted by atomic mass is 16.6. The Morgan fingerprint density at radius 1 is 0.895 bits per heavy atom.